The minimum Gasteiger partial charge on any atom is -0.310 e. The summed E-state index contributed by atoms with van der Waals surface area (Å²) < 4.78 is 0. The molecule has 1 amide bonds. The molecule has 0 atom stereocenters. The van der Waals surface area contributed by atoms with Crippen molar-refractivity contribution in [2.24, 2.45) is 5.41 Å². The Kier molecular flexibility index (Phi) is 3.65. The van der Waals surface area contributed by atoms with Crippen molar-refractivity contribution in [2.45, 2.75) is 20.8 Å². The first-order valence-corrected chi connectivity index (χ1v) is 6.30. The number of anilines is 1. The van der Waals surface area contributed by atoms with E-state index in [9.17, 15) is 4.79 Å². The fraction of sp³-hybridized carbons (Fsp3) is 0.250. The van der Waals surface area contributed by atoms with Crippen molar-refractivity contribution in [1.82, 2.24) is 4.98 Å². The van der Waals surface area contributed by atoms with E-state index in [0.29, 0.717) is 5.82 Å². The molecule has 0 aliphatic rings. The molecule has 3 heteroatoms. The number of hydrogen-bond donors (Lipinski definition) is 1. The van der Waals surface area contributed by atoms with Crippen molar-refractivity contribution in [3.63, 3.8) is 0 Å². The summed E-state index contributed by atoms with van der Waals surface area (Å²) in [7, 11) is 0. The minimum absolute atomic E-state index is 0.0348. The Bertz CT molecular complexity index is 554. The molecule has 0 saturated carbocycles. The molecule has 3 nitrogen and oxygen atoms in total. The van der Waals surface area contributed by atoms with E-state index in [-0.39, 0.29) is 5.91 Å². The fourth-order valence-corrected chi connectivity index (χ4v) is 1.57. The summed E-state index contributed by atoms with van der Waals surface area (Å²) in [4.78, 5) is 16.1. The van der Waals surface area contributed by atoms with Gasteiger partial charge in [-0.05, 0) is 17.7 Å². The van der Waals surface area contributed by atoms with E-state index in [1.54, 1.807) is 6.20 Å². The minimum atomic E-state index is -0.417. The lowest BCUT2D eigenvalue weighted by molar-refractivity contribution is -0.123. The van der Waals surface area contributed by atoms with Crippen molar-refractivity contribution in [3.8, 4) is 11.1 Å². The van der Waals surface area contributed by atoms with E-state index in [1.165, 1.54) is 0 Å². The number of nitrogens with zero attached hydrogens (tertiary/aromatic N) is 1. The molecule has 1 aromatic heterocycles. The molecule has 0 spiro atoms. The lowest BCUT2D eigenvalue weighted by Gasteiger charge is -2.17. The van der Waals surface area contributed by atoms with Crippen LogP contribution in [0.3, 0.4) is 0 Å². The van der Waals surface area contributed by atoms with Gasteiger partial charge < -0.3 is 5.32 Å². The number of pyridine rings is 1. The van der Waals surface area contributed by atoms with Crippen LogP contribution in [0.2, 0.25) is 0 Å². The van der Waals surface area contributed by atoms with E-state index >= 15 is 0 Å². The molecular formula is C16H18N2O. The molecule has 98 valence electrons. The standard InChI is InChI=1S/C16H18N2O/c1-16(2,3)15(19)18-14-10-9-13(11-17-14)12-7-5-4-6-8-12/h4-11H,1-3H3,(H,17,18,19). The highest BCUT2D eigenvalue weighted by molar-refractivity contribution is 5.93. The summed E-state index contributed by atoms with van der Waals surface area (Å²) in [5, 5.41) is 2.81. The van der Waals surface area contributed by atoms with E-state index < -0.39 is 5.41 Å². The zero-order valence-corrected chi connectivity index (χ0v) is 11.5. The molecule has 1 aromatic carbocycles. The number of amides is 1. The van der Waals surface area contributed by atoms with Gasteiger partial charge in [0, 0.05) is 17.2 Å². The van der Waals surface area contributed by atoms with Crippen LogP contribution in [0.5, 0.6) is 0 Å². The summed E-state index contributed by atoms with van der Waals surface area (Å²) in [5.74, 6) is 0.548. The maximum Gasteiger partial charge on any atom is 0.230 e. The van der Waals surface area contributed by atoms with E-state index in [2.05, 4.69) is 10.3 Å². The molecule has 2 aromatic rings. The SMILES string of the molecule is CC(C)(C)C(=O)Nc1ccc(-c2ccccc2)cn1. The van der Waals surface area contributed by atoms with E-state index in [1.807, 2.05) is 63.2 Å². The number of aromatic nitrogens is 1. The number of rotatable bonds is 2. The highest BCUT2D eigenvalue weighted by Crippen LogP contribution is 2.20. The number of carbonyl (C=O) groups excluding carboxylic acids is 1. The van der Waals surface area contributed by atoms with E-state index in [4.69, 9.17) is 0 Å². The summed E-state index contributed by atoms with van der Waals surface area (Å²) in [6, 6.07) is 13.8. The zero-order valence-electron chi connectivity index (χ0n) is 11.5. The average Bonchev–Trinajstić information content (AvgIpc) is 2.39. The molecule has 1 N–H and O–H groups in total. The third-order valence-corrected chi connectivity index (χ3v) is 2.79. The maximum absolute atomic E-state index is 11.8. The van der Waals surface area contributed by atoms with Gasteiger partial charge in [-0.1, -0.05) is 51.1 Å². The first kappa shape index (κ1) is 13.3. The molecule has 0 radical (unpaired) electrons. The van der Waals surface area contributed by atoms with Crippen LogP contribution in [-0.2, 0) is 4.79 Å². The lowest BCUT2D eigenvalue weighted by Crippen LogP contribution is -2.27. The highest BCUT2D eigenvalue weighted by atomic mass is 16.2. The van der Waals surface area contributed by atoms with Gasteiger partial charge in [-0.2, -0.15) is 0 Å². The monoisotopic (exact) mass is 254 g/mol. The first-order chi connectivity index (χ1) is 8.97. The second kappa shape index (κ2) is 5.22. The Hall–Kier alpha value is -2.16. The topological polar surface area (TPSA) is 42.0 Å². The number of carbonyl (C=O) groups is 1. The molecule has 0 unspecified atom stereocenters. The third kappa shape index (κ3) is 3.41. The maximum atomic E-state index is 11.8. The van der Waals surface area contributed by atoms with Gasteiger partial charge in [0.15, 0.2) is 0 Å². The van der Waals surface area contributed by atoms with Crippen LogP contribution in [0, 0.1) is 5.41 Å². The molecule has 0 saturated heterocycles. The Balaban J connectivity index is 2.14. The normalized spacial score (nSPS) is 11.1. The van der Waals surface area contributed by atoms with Crippen molar-refractivity contribution in [2.75, 3.05) is 5.32 Å². The van der Waals surface area contributed by atoms with Gasteiger partial charge >= 0.3 is 0 Å². The van der Waals surface area contributed by atoms with Crippen molar-refractivity contribution in [1.29, 1.82) is 0 Å². The highest BCUT2D eigenvalue weighted by Gasteiger charge is 2.21. The predicted molar refractivity (Wildman–Crippen MR) is 77.8 cm³/mol. The van der Waals surface area contributed by atoms with Crippen molar-refractivity contribution >= 4 is 11.7 Å². The number of benzene rings is 1. The molecule has 19 heavy (non-hydrogen) atoms. The van der Waals surface area contributed by atoms with E-state index in [0.717, 1.165) is 11.1 Å². The quantitative estimate of drug-likeness (QED) is 0.887. The van der Waals surface area contributed by atoms with Gasteiger partial charge in [0.1, 0.15) is 5.82 Å². The molecule has 2 rings (SSSR count). The molecule has 0 aliphatic heterocycles. The largest absolute Gasteiger partial charge is 0.310 e. The Morgan fingerprint density at radius 2 is 1.68 bits per heavy atom. The molecule has 0 aliphatic carbocycles. The van der Waals surface area contributed by atoms with Gasteiger partial charge in [0.25, 0.3) is 0 Å². The van der Waals surface area contributed by atoms with Crippen LogP contribution < -0.4 is 5.32 Å². The number of hydrogen-bond acceptors (Lipinski definition) is 2. The summed E-state index contributed by atoms with van der Waals surface area (Å²) in [5.41, 5.74) is 1.73. The second-order valence-electron chi connectivity index (χ2n) is 5.50. The summed E-state index contributed by atoms with van der Waals surface area (Å²) >= 11 is 0. The number of nitrogens with one attached hydrogen (secondary N) is 1. The van der Waals surface area contributed by atoms with Crippen LogP contribution in [-0.4, -0.2) is 10.9 Å². The average molecular weight is 254 g/mol. The van der Waals surface area contributed by atoms with Gasteiger partial charge in [0.2, 0.25) is 5.91 Å². The van der Waals surface area contributed by atoms with Crippen molar-refractivity contribution < 1.29 is 4.79 Å². The Labute approximate surface area is 113 Å². The second-order valence-corrected chi connectivity index (χ2v) is 5.50. The lowest BCUT2D eigenvalue weighted by atomic mass is 9.96. The summed E-state index contributed by atoms with van der Waals surface area (Å²) in [6.45, 7) is 5.63. The predicted octanol–water partition coefficient (Wildman–Crippen LogP) is 3.73. The van der Waals surface area contributed by atoms with Crippen LogP contribution in [0.25, 0.3) is 11.1 Å². The van der Waals surface area contributed by atoms with Gasteiger partial charge in [-0.15, -0.1) is 0 Å². The third-order valence-electron chi connectivity index (χ3n) is 2.79. The zero-order chi connectivity index (χ0) is 13.9. The molecular weight excluding hydrogens is 236 g/mol. The van der Waals surface area contributed by atoms with Crippen LogP contribution in [0.4, 0.5) is 5.82 Å². The van der Waals surface area contributed by atoms with Crippen LogP contribution in [0.15, 0.2) is 48.7 Å². The van der Waals surface area contributed by atoms with Crippen molar-refractivity contribution in [3.05, 3.63) is 48.7 Å². The molecule has 1 heterocycles. The molecule has 0 bridgehead atoms. The fourth-order valence-electron chi connectivity index (χ4n) is 1.57. The Morgan fingerprint density at radius 3 is 2.21 bits per heavy atom. The van der Waals surface area contributed by atoms with Gasteiger partial charge in [-0.25, -0.2) is 4.98 Å². The Morgan fingerprint density at radius 1 is 1.00 bits per heavy atom. The molecule has 0 fully saturated rings. The van der Waals surface area contributed by atoms with Crippen LogP contribution >= 0.6 is 0 Å². The first-order valence-electron chi connectivity index (χ1n) is 6.30. The van der Waals surface area contributed by atoms with Gasteiger partial charge in [0.05, 0.1) is 0 Å². The van der Waals surface area contributed by atoms with Crippen LogP contribution in [0.1, 0.15) is 20.8 Å². The summed E-state index contributed by atoms with van der Waals surface area (Å²) in [6.07, 6.45) is 1.77. The van der Waals surface area contributed by atoms with Gasteiger partial charge in [-0.3, -0.25) is 4.79 Å². The smallest absolute Gasteiger partial charge is 0.230 e.